The van der Waals surface area contributed by atoms with E-state index >= 15 is 0 Å². The molecule has 3 rings (SSSR count). The monoisotopic (exact) mass is 382 g/mol. The molecule has 0 aromatic rings. The summed E-state index contributed by atoms with van der Waals surface area (Å²) in [4.78, 5) is 30.1. The molecule has 5 heteroatoms. The van der Waals surface area contributed by atoms with Crippen molar-refractivity contribution in [3.8, 4) is 0 Å². The van der Waals surface area contributed by atoms with E-state index in [2.05, 4.69) is 6.92 Å². The highest BCUT2D eigenvalue weighted by molar-refractivity contribution is 6.20. The molecule has 26 heavy (non-hydrogen) atoms. The molecule has 0 bridgehead atoms. The van der Waals surface area contributed by atoms with Gasteiger partial charge in [-0.05, 0) is 70.1 Å². The van der Waals surface area contributed by atoms with E-state index in [9.17, 15) is 9.59 Å². The molecule has 0 spiro atoms. The summed E-state index contributed by atoms with van der Waals surface area (Å²) in [6, 6.07) is -0.182. The van der Waals surface area contributed by atoms with Gasteiger partial charge in [0.2, 0.25) is 11.8 Å². The van der Waals surface area contributed by atoms with Crippen molar-refractivity contribution in [2.24, 2.45) is 17.8 Å². The van der Waals surface area contributed by atoms with Crippen LogP contribution in [0.2, 0.25) is 0 Å². The van der Waals surface area contributed by atoms with Crippen molar-refractivity contribution in [2.45, 2.75) is 89.6 Å². The van der Waals surface area contributed by atoms with E-state index in [0.29, 0.717) is 5.92 Å². The number of nitrogens with zero attached hydrogens (tertiary/aromatic N) is 2. The summed E-state index contributed by atoms with van der Waals surface area (Å²) in [7, 11) is 0. The predicted molar refractivity (Wildman–Crippen MR) is 105 cm³/mol. The summed E-state index contributed by atoms with van der Waals surface area (Å²) in [6.07, 6.45) is 8.72. The standard InChI is InChI=1S/C21H35ClN2O2/c1-14(2)23-13-19(25)24(12-16-6-4-15(3)5-7-16)20(21(23)26)17-8-10-18(22)11-9-17/h14-18,20H,4-13H2,1-3H3. The highest BCUT2D eigenvalue weighted by Crippen LogP contribution is 2.36. The fraction of sp³-hybridized carbons (Fsp3) is 0.905. The molecule has 0 aromatic carbocycles. The van der Waals surface area contributed by atoms with Gasteiger partial charge in [0.15, 0.2) is 0 Å². The Balaban J connectivity index is 1.77. The summed E-state index contributed by atoms with van der Waals surface area (Å²) in [5.41, 5.74) is 0. The van der Waals surface area contributed by atoms with Crippen LogP contribution in [0.1, 0.15) is 72.1 Å². The normalized spacial score (nSPS) is 36.7. The van der Waals surface area contributed by atoms with Crippen LogP contribution in [-0.2, 0) is 9.59 Å². The van der Waals surface area contributed by atoms with Gasteiger partial charge in [-0.15, -0.1) is 11.6 Å². The van der Waals surface area contributed by atoms with Gasteiger partial charge in [0.25, 0.3) is 0 Å². The highest BCUT2D eigenvalue weighted by atomic mass is 35.5. The van der Waals surface area contributed by atoms with Crippen LogP contribution < -0.4 is 0 Å². The third-order valence-electron chi connectivity index (χ3n) is 6.86. The van der Waals surface area contributed by atoms with Crippen LogP contribution in [0.3, 0.4) is 0 Å². The van der Waals surface area contributed by atoms with E-state index in [0.717, 1.165) is 38.1 Å². The lowest BCUT2D eigenvalue weighted by molar-refractivity contribution is -0.161. The first-order valence-electron chi connectivity index (χ1n) is 10.6. The fourth-order valence-corrected chi connectivity index (χ4v) is 5.32. The topological polar surface area (TPSA) is 40.6 Å². The van der Waals surface area contributed by atoms with Crippen LogP contribution >= 0.6 is 11.6 Å². The molecule has 1 aliphatic heterocycles. The van der Waals surface area contributed by atoms with Gasteiger partial charge in [0.1, 0.15) is 12.6 Å². The minimum absolute atomic E-state index is 0.0796. The van der Waals surface area contributed by atoms with Crippen molar-refractivity contribution < 1.29 is 9.59 Å². The van der Waals surface area contributed by atoms with Crippen molar-refractivity contribution in [1.82, 2.24) is 9.80 Å². The summed E-state index contributed by atoms with van der Waals surface area (Å²) in [5, 5.41) is 0.232. The third kappa shape index (κ3) is 4.37. The maximum absolute atomic E-state index is 13.3. The van der Waals surface area contributed by atoms with Crippen LogP contribution in [0.4, 0.5) is 0 Å². The molecular formula is C21H35ClN2O2. The quantitative estimate of drug-likeness (QED) is 0.688. The zero-order chi connectivity index (χ0) is 18.8. The van der Waals surface area contributed by atoms with E-state index in [4.69, 9.17) is 11.6 Å². The molecule has 2 aliphatic carbocycles. The Hall–Kier alpha value is -0.770. The molecule has 1 unspecified atom stereocenters. The molecule has 0 aromatic heterocycles. The number of carbonyl (C=O) groups excluding carboxylic acids is 2. The lowest BCUT2D eigenvalue weighted by Gasteiger charge is -2.47. The second-order valence-electron chi connectivity index (χ2n) is 9.19. The Labute approximate surface area is 163 Å². The number of hydrogen-bond donors (Lipinski definition) is 0. The van der Waals surface area contributed by atoms with E-state index in [1.165, 1.54) is 25.7 Å². The van der Waals surface area contributed by atoms with Crippen LogP contribution in [0.25, 0.3) is 0 Å². The Kier molecular flexibility index (Phi) is 6.53. The number of carbonyl (C=O) groups is 2. The molecule has 0 radical (unpaired) electrons. The average molecular weight is 383 g/mol. The summed E-state index contributed by atoms with van der Waals surface area (Å²) in [6.45, 7) is 7.36. The van der Waals surface area contributed by atoms with E-state index in [1.807, 2.05) is 18.7 Å². The molecule has 1 heterocycles. The number of alkyl halides is 1. The number of amides is 2. The Bertz CT molecular complexity index is 508. The zero-order valence-corrected chi connectivity index (χ0v) is 17.4. The first-order valence-corrected chi connectivity index (χ1v) is 11.0. The van der Waals surface area contributed by atoms with Crippen molar-refractivity contribution in [3.05, 3.63) is 0 Å². The van der Waals surface area contributed by atoms with Gasteiger partial charge in [0, 0.05) is 18.0 Å². The minimum atomic E-state index is -0.262. The lowest BCUT2D eigenvalue weighted by atomic mass is 9.79. The van der Waals surface area contributed by atoms with E-state index in [1.54, 1.807) is 4.90 Å². The van der Waals surface area contributed by atoms with Crippen molar-refractivity contribution >= 4 is 23.4 Å². The Morgan fingerprint density at radius 2 is 1.62 bits per heavy atom. The second-order valence-corrected chi connectivity index (χ2v) is 9.81. The number of piperazine rings is 1. The van der Waals surface area contributed by atoms with Crippen LogP contribution in [0.15, 0.2) is 0 Å². The van der Waals surface area contributed by atoms with Gasteiger partial charge in [-0.25, -0.2) is 0 Å². The van der Waals surface area contributed by atoms with Crippen LogP contribution in [0.5, 0.6) is 0 Å². The second kappa shape index (κ2) is 8.50. The molecule has 3 aliphatic rings. The Morgan fingerprint density at radius 1 is 1.00 bits per heavy atom. The molecule has 3 fully saturated rings. The summed E-state index contributed by atoms with van der Waals surface area (Å²) in [5.74, 6) is 1.94. The highest BCUT2D eigenvalue weighted by Gasteiger charge is 2.45. The molecule has 2 amide bonds. The Morgan fingerprint density at radius 3 is 2.19 bits per heavy atom. The smallest absolute Gasteiger partial charge is 0.246 e. The summed E-state index contributed by atoms with van der Waals surface area (Å²) < 4.78 is 0. The largest absolute Gasteiger partial charge is 0.329 e. The molecule has 1 atom stereocenters. The molecule has 0 N–H and O–H groups in total. The van der Waals surface area contributed by atoms with Gasteiger partial charge >= 0.3 is 0 Å². The van der Waals surface area contributed by atoms with E-state index in [-0.39, 0.29) is 41.7 Å². The molecule has 1 saturated heterocycles. The average Bonchev–Trinajstić information content (AvgIpc) is 2.61. The van der Waals surface area contributed by atoms with Gasteiger partial charge in [-0.3, -0.25) is 9.59 Å². The van der Waals surface area contributed by atoms with Crippen molar-refractivity contribution in [1.29, 1.82) is 0 Å². The SMILES string of the molecule is CC1CCC(CN2C(=O)CN(C(C)C)C(=O)C2C2CCC(Cl)CC2)CC1. The maximum atomic E-state index is 13.3. The third-order valence-corrected chi connectivity index (χ3v) is 7.30. The predicted octanol–water partition coefficient (Wildman–Crippen LogP) is 4.06. The van der Waals surface area contributed by atoms with Crippen LogP contribution in [-0.4, -0.2) is 52.2 Å². The van der Waals surface area contributed by atoms with Gasteiger partial charge < -0.3 is 9.80 Å². The first-order chi connectivity index (χ1) is 12.4. The maximum Gasteiger partial charge on any atom is 0.246 e. The first kappa shape index (κ1) is 20.0. The van der Waals surface area contributed by atoms with E-state index < -0.39 is 0 Å². The van der Waals surface area contributed by atoms with Crippen molar-refractivity contribution in [2.75, 3.05) is 13.1 Å². The minimum Gasteiger partial charge on any atom is -0.329 e. The van der Waals surface area contributed by atoms with Gasteiger partial charge in [-0.1, -0.05) is 19.8 Å². The number of halogens is 1. The van der Waals surface area contributed by atoms with Crippen molar-refractivity contribution in [3.63, 3.8) is 0 Å². The zero-order valence-electron chi connectivity index (χ0n) is 16.6. The molecular weight excluding hydrogens is 348 g/mol. The molecule has 2 saturated carbocycles. The van der Waals surface area contributed by atoms with Gasteiger partial charge in [0.05, 0.1) is 0 Å². The van der Waals surface area contributed by atoms with Gasteiger partial charge in [-0.2, -0.15) is 0 Å². The molecule has 4 nitrogen and oxygen atoms in total. The summed E-state index contributed by atoms with van der Waals surface area (Å²) >= 11 is 6.29. The number of rotatable bonds is 4. The lowest BCUT2D eigenvalue weighted by Crippen LogP contribution is -2.64. The number of hydrogen-bond acceptors (Lipinski definition) is 2. The van der Waals surface area contributed by atoms with Crippen LogP contribution in [0, 0.1) is 17.8 Å². The fourth-order valence-electron chi connectivity index (χ4n) is 5.07. The molecule has 148 valence electrons.